The Labute approximate surface area is 234 Å². The number of anilines is 1. The minimum absolute atomic E-state index is 0.266. The maximum Gasteiger partial charge on any atom is 0.291 e. The minimum Gasteiger partial charge on any atom is -0.455 e. The Balaban J connectivity index is 1.28. The molecule has 196 valence electrons. The van der Waals surface area contributed by atoms with Gasteiger partial charge in [-0.3, -0.25) is 9.59 Å². The smallest absolute Gasteiger partial charge is 0.291 e. The van der Waals surface area contributed by atoms with E-state index in [0.717, 1.165) is 46.1 Å². The first-order chi connectivity index (χ1) is 19.0. The van der Waals surface area contributed by atoms with Gasteiger partial charge in [0.15, 0.2) is 5.76 Å². The van der Waals surface area contributed by atoms with Gasteiger partial charge in [0.2, 0.25) is 0 Å². The Morgan fingerprint density at radius 1 is 0.974 bits per heavy atom. The summed E-state index contributed by atoms with van der Waals surface area (Å²) in [4.78, 5) is 26.1. The zero-order valence-corrected chi connectivity index (χ0v) is 23.3. The maximum absolute atomic E-state index is 13.4. The molecule has 2 heterocycles. The molecule has 0 saturated carbocycles. The fourth-order valence-corrected chi connectivity index (χ4v) is 5.95. The maximum atomic E-state index is 13.4. The number of hydrogen-bond donors (Lipinski definition) is 2. The van der Waals surface area contributed by atoms with Crippen LogP contribution in [0, 0.1) is 6.92 Å². The van der Waals surface area contributed by atoms with Crippen molar-refractivity contribution >= 4 is 60.9 Å². The summed E-state index contributed by atoms with van der Waals surface area (Å²) in [6, 6.07) is 21.5. The highest BCUT2D eigenvalue weighted by atomic mass is 79.9. The molecular formula is C31H27BrN4O3. The molecule has 7 nitrogen and oxygen atoms in total. The number of hydrogen-bond acceptors (Lipinski definition) is 4. The van der Waals surface area contributed by atoms with E-state index in [9.17, 15) is 9.59 Å². The van der Waals surface area contributed by atoms with E-state index in [0.29, 0.717) is 34.3 Å². The summed E-state index contributed by atoms with van der Waals surface area (Å²) in [5.74, 6) is 0.375. The highest BCUT2D eigenvalue weighted by Crippen LogP contribution is 2.33. The first-order valence-corrected chi connectivity index (χ1v) is 13.8. The van der Waals surface area contributed by atoms with Crippen molar-refractivity contribution in [1.29, 1.82) is 0 Å². The molecule has 1 aliphatic rings. The molecule has 0 bridgehead atoms. The van der Waals surface area contributed by atoms with Gasteiger partial charge < -0.3 is 14.3 Å². The van der Waals surface area contributed by atoms with E-state index in [-0.39, 0.29) is 17.6 Å². The molecule has 0 unspecified atom stereocenters. The van der Waals surface area contributed by atoms with E-state index in [1.54, 1.807) is 12.1 Å². The number of rotatable bonds is 5. The normalized spacial score (nSPS) is 14.1. The molecular weight excluding hydrogens is 556 g/mol. The zero-order valence-electron chi connectivity index (χ0n) is 21.7. The second kappa shape index (κ2) is 10.2. The number of fused-ring (bicyclic) bond motifs is 4. The molecule has 0 fully saturated rings. The van der Waals surface area contributed by atoms with Crippen molar-refractivity contribution in [2.45, 2.75) is 39.7 Å². The number of nitrogens with one attached hydrogen (secondary N) is 2. The van der Waals surface area contributed by atoms with Crippen molar-refractivity contribution in [2.24, 2.45) is 5.10 Å². The van der Waals surface area contributed by atoms with Crippen molar-refractivity contribution < 1.29 is 14.0 Å². The highest BCUT2D eigenvalue weighted by molar-refractivity contribution is 9.10. The van der Waals surface area contributed by atoms with Crippen molar-refractivity contribution in [3.8, 4) is 0 Å². The molecule has 0 radical (unpaired) electrons. The second-order valence-electron chi connectivity index (χ2n) is 9.63. The van der Waals surface area contributed by atoms with Gasteiger partial charge >= 0.3 is 0 Å². The number of furan rings is 1. The van der Waals surface area contributed by atoms with Crippen LogP contribution >= 0.6 is 15.9 Å². The van der Waals surface area contributed by atoms with Gasteiger partial charge in [0, 0.05) is 56.1 Å². The largest absolute Gasteiger partial charge is 0.455 e. The number of halogens is 1. The number of hydrazone groups is 1. The summed E-state index contributed by atoms with van der Waals surface area (Å²) in [5, 5.41) is 9.71. The average Bonchev–Trinajstić information content (AvgIpc) is 3.46. The molecule has 2 amide bonds. The van der Waals surface area contributed by atoms with Crippen LogP contribution in [0.1, 0.15) is 57.6 Å². The summed E-state index contributed by atoms with van der Waals surface area (Å²) in [7, 11) is 0. The number of nitrogens with zero attached hydrogens (tertiary/aromatic N) is 2. The van der Waals surface area contributed by atoms with Gasteiger partial charge in [0.25, 0.3) is 11.8 Å². The van der Waals surface area contributed by atoms with Crippen LogP contribution in [0.3, 0.4) is 0 Å². The average molecular weight is 583 g/mol. The van der Waals surface area contributed by atoms with Crippen LogP contribution in [0.15, 0.2) is 80.7 Å². The topological polar surface area (TPSA) is 88.6 Å². The van der Waals surface area contributed by atoms with Crippen molar-refractivity contribution in [3.05, 3.63) is 99.4 Å². The van der Waals surface area contributed by atoms with Crippen molar-refractivity contribution in [2.75, 3.05) is 5.32 Å². The van der Waals surface area contributed by atoms with E-state index in [4.69, 9.17) is 4.42 Å². The monoisotopic (exact) mass is 582 g/mol. The Bertz CT molecular complexity index is 1800. The number of aromatic nitrogens is 1. The molecule has 6 rings (SSSR count). The van der Waals surface area contributed by atoms with Crippen molar-refractivity contribution in [1.82, 2.24) is 9.99 Å². The van der Waals surface area contributed by atoms with Crippen LogP contribution in [-0.4, -0.2) is 22.1 Å². The number of carbonyl (C=O) groups is 2. The van der Waals surface area contributed by atoms with Gasteiger partial charge in [-0.1, -0.05) is 30.3 Å². The van der Waals surface area contributed by atoms with E-state index in [1.807, 2.05) is 49.4 Å². The van der Waals surface area contributed by atoms with Crippen LogP contribution in [0.2, 0.25) is 0 Å². The second-order valence-corrected chi connectivity index (χ2v) is 10.5. The fraction of sp³-hybridized carbons (Fsp3) is 0.194. The molecule has 0 saturated heterocycles. The lowest BCUT2D eigenvalue weighted by atomic mass is 9.93. The van der Waals surface area contributed by atoms with Crippen LogP contribution in [-0.2, 0) is 13.0 Å². The first kappa shape index (κ1) is 25.1. The van der Waals surface area contributed by atoms with Crippen LogP contribution in [0.25, 0.3) is 21.8 Å². The summed E-state index contributed by atoms with van der Waals surface area (Å²) < 4.78 is 9.05. The third kappa shape index (κ3) is 4.44. The number of aryl methyl sites for hydroxylation is 2. The SMILES string of the molecule is CCn1c2ccccc2c2cc(NC(=O)c3oc4c(c3C)/C(=N/NC(=O)c3ccccc3Br)CCC4)ccc21. The molecule has 5 aromatic rings. The van der Waals surface area contributed by atoms with Gasteiger partial charge in [0.05, 0.1) is 11.3 Å². The van der Waals surface area contributed by atoms with E-state index in [2.05, 4.69) is 55.4 Å². The predicted molar refractivity (Wildman–Crippen MR) is 158 cm³/mol. The number of benzene rings is 3. The predicted octanol–water partition coefficient (Wildman–Crippen LogP) is 7.20. The third-order valence-corrected chi connectivity index (χ3v) is 7.98. The van der Waals surface area contributed by atoms with Gasteiger partial charge in [-0.15, -0.1) is 0 Å². The first-order valence-electron chi connectivity index (χ1n) is 13.0. The minimum atomic E-state index is -0.308. The standard InChI is InChI=1S/C31H27BrN4O3/c1-3-36-25-13-7-5-9-20(25)22-17-19(15-16-26(22)36)33-31(38)29-18(2)28-24(12-8-14-27(28)39-29)34-35-30(37)21-10-4-6-11-23(21)32/h4-7,9-11,13,15-17H,3,8,12,14H2,1-2H3,(H,33,38)(H,35,37)/b34-24+. The Hall–Kier alpha value is -4.17. The lowest BCUT2D eigenvalue weighted by Gasteiger charge is -2.13. The number of carbonyl (C=O) groups excluding carboxylic acids is 2. The zero-order chi connectivity index (χ0) is 27.1. The molecule has 0 spiro atoms. The summed E-state index contributed by atoms with van der Waals surface area (Å²) in [5.41, 5.74) is 8.42. The van der Waals surface area contributed by atoms with Gasteiger partial charge in [-0.2, -0.15) is 5.10 Å². The van der Waals surface area contributed by atoms with Crippen LogP contribution < -0.4 is 10.7 Å². The fourth-order valence-electron chi connectivity index (χ4n) is 5.48. The molecule has 3 aromatic carbocycles. The van der Waals surface area contributed by atoms with E-state index in [1.165, 1.54) is 5.52 Å². The van der Waals surface area contributed by atoms with Crippen molar-refractivity contribution in [3.63, 3.8) is 0 Å². The number of para-hydroxylation sites is 1. The Kier molecular flexibility index (Phi) is 6.56. The van der Waals surface area contributed by atoms with Gasteiger partial charge in [0.1, 0.15) is 5.76 Å². The molecule has 2 N–H and O–H groups in total. The van der Waals surface area contributed by atoms with Gasteiger partial charge in [-0.25, -0.2) is 5.43 Å². The summed E-state index contributed by atoms with van der Waals surface area (Å²) in [6.07, 6.45) is 2.22. The Morgan fingerprint density at radius 3 is 2.56 bits per heavy atom. The lowest BCUT2D eigenvalue weighted by molar-refractivity contribution is 0.0952. The van der Waals surface area contributed by atoms with Gasteiger partial charge in [-0.05, 0) is 79.0 Å². The van der Waals surface area contributed by atoms with Crippen LogP contribution in [0.5, 0.6) is 0 Å². The summed E-state index contributed by atoms with van der Waals surface area (Å²) >= 11 is 3.41. The lowest BCUT2D eigenvalue weighted by Crippen LogP contribution is -2.22. The highest BCUT2D eigenvalue weighted by Gasteiger charge is 2.28. The number of amides is 2. The quantitative estimate of drug-likeness (QED) is 0.215. The molecule has 8 heteroatoms. The molecule has 2 aromatic heterocycles. The van der Waals surface area contributed by atoms with E-state index < -0.39 is 0 Å². The van der Waals surface area contributed by atoms with E-state index >= 15 is 0 Å². The molecule has 39 heavy (non-hydrogen) atoms. The third-order valence-electron chi connectivity index (χ3n) is 7.29. The Morgan fingerprint density at radius 2 is 1.74 bits per heavy atom. The summed E-state index contributed by atoms with van der Waals surface area (Å²) in [6.45, 7) is 4.86. The van der Waals surface area contributed by atoms with Crippen LogP contribution in [0.4, 0.5) is 5.69 Å². The molecule has 0 aliphatic heterocycles. The molecule has 0 atom stereocenters. The molecule has 1 aliphatic carbocycles.